The summed E-state index contributed by atoms with van der Waals surface area (Å²) in [4.78, 5) is 29.4. The van der Waals surface area contributed by atoms with E-state index < -0.39 is 5.97 Å². The molecule has 0 radical (unpaired) electrons. The summed E-state index contributed by atoms with van der Waals surface area (Å²) in [6.07, 6.45) is 1.31. The van der Waals surface area contributed by atoms with Crippen molar-refractivity contribution < 1.29 is 14.7 Å². The van der Waals surface area contributed by atoms with Crippen LogP contribution in [0.25, 0.3) is 0 Å². The van der Waals surface area contributed by atoms with Crippen LogP contribution in [0.3, 0.4) is 0 Å². The van der Waals surface area contributed by atoms with E-state index >= 15 is 0 Å². The van der Waals surface area contributed by atoms with Crippen molar-refractivity contribution >= 4 is 35.1 Å². The fourth-order valence-corrected chi connectivity index (χ4v) is 2.34. The number of nitrogens with zero attached hydrogens (tertiary/aromatic N) is 4. The minimum atomic E-state index is -0.822. The molecular formula is C18H25N7O3. The molecule has 28 heavy (non-hydrogen) atoms. The first-order valence-electron chi connectivity index (χ1n) is 8.87. The van der Waals surface area contributed by atoms with E-state index in [1.165, 1.54) is 0 Å². The summed E-state index contributed by atoms with van der Waals surface area (Å²) in [5.41, 5.74) is 0.357. The van der Waals surface area contributed by atoms with Crippen LogP contribution in [0.5, 0.6) is 0 Å². The summed E-state index contributed by atoms with van der Waals surface area (Å²) in [5.74, 6) is 0.853. The predicted octanol–water partition coefficient (Wildman–Crippen LogP) is 1.90. The van der Waals surface area contributed by atoms with E-state index in [9.17, 15) is 9.59 Å². The highest BCUT2D eigenvalue weighted by molar-refractivity contribution is 6.07. The lowest BCUT2D eigenvalue weighted by Gasteiger charge is -2.13. The molecule has 0 saturated heterocycles. The maximum absolute atomic E-state index is 12.7. The summed E-state index contributed by atoms with van der Waals surface area (Å²) in [7, 11) is 5.44. The Bertz CT molecular complexity index is 809. The molecule has 0 aromatic carbocycles. The summed E-state index contributed by atoms with van der Waals surface area (Å²) < 4.78 is 0. The number of aliphatic carboxylic acids is 1. The fraction of sp³-hybridized carbons (Fsp3) is 0.389. The van der Waals surface area contributed by atoms with Gasteiger partial charge in [-0.1, -0.05) is 0 Å². The largest absolute Gasteiger partial charge is 0.481 e. The Balaban J connectivity index is 2.07. The van der Waals surface area contributed by atoms with Gasteiger partial charge >= 0.3 is 5.97 Å². The van der Waals surface area contributed by atoms with Gasteiger partial charge in [0.2, 0.25) is 0 Å². The van der Waals surface area contributed by atoms with Crippen LogP contribution in [-0.4, -0.2) is 59.9 Å². The van der Waals surface area contributed by atoms with Gasteiger partial charge in [0.25, 0.3) is 5.91 Å². The second-order valence-corrected chi connectivity index (χ2v) is 6.25. The van der Waals surface area contributed by atoms with Crippen LogP contribution in [0.2, 0.25) is 0 Å². The van der Waals surface area contributed by atoms with E-state index in [2.05, 4.69) is 31.1 Å². The number of anilines is 4. The molecule has 4 N–H and O–H groups in total. The van der Waals surface area contributed by atoms with Gasteiger partial charge in [-0.3, -0.25) is 9.59 Å². The van der Waals surface area contributed by atoms with Gasteiger partial charge in [-0.25, -0.2) is 4.98 Å². The predicted molar refractivity (Wildman–Crippen MR) is 108 cm³/mol. The number of carbonyl (C=O) groups is 2. The molecule has 0 unspecified atom stereocenters. The lowest BCUT2D eigenvalue weighted by atomic mass is 10.2. The van der Waals surface area contributed by atoms with Gasteiger partial charge in [0.1, 0.15) is 11.6 Å². The monoisotopic (exact) mass is 387 g/mol. The molecule has 0 bridgehead atoms. The van der Waals surface area contributed by atoms with Crippen molar-refractivity contribution in [2.24, 2.45) is 0 Å². The number of hydrogen-bond acceptors (Lipinski definition) is 8. The molecule has 1 amide bonds. The summed E-state index contributed by atoms with van der Waals surface area (Å²) >= 11 is 0. The Hall–Kier alpha value is -3.43. The number of carboxylic acids is 1. The standard InChI is InChI=1S/C18H25N7O3/c1-19-13-8-7-12(17(21-13)20-11-5-4-6-16(26)27)18(28)22-14-9-10-15(24-23-14)25(2)3/h7-10H,4-6,11H2,1-3H3,(H,26,27)(H2,19,20,21)(H,22,23,28). The average molecular weight is 387 g/mol. The Morgan fingerprint density at radius 2 is 1.82 bits per heavy atom. The molecule has 0 aliphatic rings. The van der Waals surface area contributed by atoms with Crippen molar-refractivity contribution in [3.63, 3.8) is 0 Å². The van der Waals surface area contributed by atoms with Gasteiger partial charge in [0, 0.05) is 34.1 Å². The summed E-state index contributed by atoms with van der Waals surface area (Å²) in [6.45, 7) is 0.505. The molecule has 2 aromatic rings. The number of carbonyl (C=O) groups excluding carboxylic acids is 1. The van der Waals surface area contributed by atoms with Crippen LogP contribution in [0.4, 0.5) is 23.3 Å². The van der Waals surface area contributed by atoms with Crippen molar-refractivity contribution in [1.29, 1.82) is 0 Å². The third-order valence-electron chi connectivity index (χ3n) is 3.86. The molecule has 0 atom stereocenters. The third kappa shape index (κ3) is 6.08. The van der Waals surface area contributed by atoms with Crippen LogP contribution in [0, 0.1) is 0 Å². The van der Waals surface area contributed by atoms with Crippen molar-refractivity contribution in [1.82, 2.24) is 15.2 Å². The first-order valence-corrected chi connectivity index (χ1v) is 8.87. The number of nitrogens with one attached hydrogen (secondary N) is 3. The average Bonchev–Trinajstić information content (AvgIpc) is 2.67. The molecule has 2 aromatic heterocycles. The van der Waals surface area contributed by atoms with Gasteiger partial charge in [0.15, 0.2) is 11.6 Å². The number of amides is 1. The molecule has 150 valence electrons. The van der Waals surface area contributed by atoms with Gasteiger partial charge in [0.05, 0.1) is 5.56 Å². The van der Waals surface area contributed by atoms with Crippen LogP contribution < -0.4 is 20.9 Å². The second kappa shape index (κ2) is 10.0. The number of carboxylic acid groups (broad SMARTS) is 1. The molecule has 0 aliphatic carbocycles. The molecule has 2 heterocycles. The Labute approximate surface area is 163 Å². The van der Waals surface area contributed by atoms with E-state index in [-0.39, 0.29) is 12.3 Å². The minimum absolute atomic E-state index is 0.112. The van der Waals surface area contributed by atoms with Crippen molar-refractivity contribution in [2.45, 2.75) is 19.3 Å². The number of hydrogen-bond donors (Lipinski definition) is 4. The first kappa shape index (κ1) is 20.9. The maximum atomic E-state index is 12.7. The van der Waals surface area contributed by atoms with Gasteiger partial charge in [-0.15, -0.1) is 10.2 Å². The molecule has 0 saturated carbocycles. The number of aromatic nitrogens is 3. The molecule has 0 spiro atoms. The molecule has 2 rings (SSSR count). The Morgan fingerprint density at radius 3 is 2.43 bits per heavy atom. The number of unbranched alkanes of at least 4 members (excludes halogenated alkanes) is 1. The lowest BCUT2D eigenvalue weighted by Crippen LogP contribution is -2.18. The number of pyridine rings is 1. The first-order chi connectivity index (χ1) is 13.4. The van der Waals surface area contributed by atoms with E-state index in [1.807, 2.05) is 19.0 Å². The minimum Gasteiger partial charge on any atom is -0.481 e. The topological polar surface area (TPSA) is 132 Å². The van der Waals surface area contributed by atoms with E-state index in [0.717, 1.165) is 0 Å². The van der Waals surface area contributed by atoms with Gasteiger partial charge in [-0.2, -0.15) is 0 Å². The Morgan fingerprint density at radius 1 is 1.07 bits per heavy atom. The lowest BCUT2D eigenvalue weighted by molar-refractivity contribution is -0.137. The highest BCUT2D eigenvalue weighted by atomic mass is 16.4. The molecule has 10 heteroatoms. The SMILES string of the molecule is CNc1ccc(C(=O)Nc2ccc(N(C)C)nn2)c(NCCCCC(=O)O)n1. The van der Waals surface area contributed by atoms with E-state index in [1.54, 1.807) is 31.3 Å². The van der Waals surface area contributed by atoms with Crippen molar-refractivity contribution in [2.75, 3.05) is 48.5 Å². The second-order valence-electron chi connectivity index (χ2n) is 6.25. The van der Waals surface area contributed by atoms with Crippen LogP contribution >= 0.6 is 0 Å². The van der Waals surface area contributed by atoms with Crippen molar-refractivity contribution in [3.8, 4) is 0 Å². The van der Waals surface area contributed by atoms with E-state index in [4.69, 9.17) is 5.11 Å². The quantitative estimate of drug-likeness (QED) is 0.451. The zero-order valence-electron chi connectivity index (χ0n) is 16.2. The van der Waals surface area contributed by atoms with Crippen molar-refractivity contribution in [3.05, 3.63) is 29.8 Å². The van der Waals surface area contributed by atoms with Crippen LogP contribution in [0.15, 0.2) is 24.3 Å². The molecule has 0 fully saturated rings. The summed E-state index contributed by atoms with van der Waals surface area (Å²) in [6, 6.07) is 6.79. The van der Waals surface area contributed by atoms with Crippen LogP contribution in [0.1, 0.15) is 29.6 Å². The van der Waals surface area contributed by atoms with Gasteiger partial charge in [-0.05, 0) is 37.1 Å². The van der Waals surface area contributed by atoms with E-state index in [0.29, 0.717) is 48.2 Å². The number of rotatable bonds is 10. The summed E-state index contributed by atoms with van der Waals surface area (Å²) in [5, 5.41) is 25.5. The molecule has 10 nitrogen and oxygen atoms in total. The van der Waals surface area contributed by atoms with Crippen LogP contribution in [-0.2, 0) is 4.79 Å². The highest BCUT2D eigenvalue weighted by Gasteiger charge is 2.15. The fourth-order valence-electron chi connectivity index (χ4n) is 2.34. The highest BCUT2D eigenvalue weighted by Crippen LogP contribution is 2.18. The zero-order valence-corrected chi connectivity index (χ0v) is 16.2. The smallest absolute Gasteiger partial charge is 0.303 e. The third-order valence-corrected chi connectivity index (χ3v) is 3.86. The Kier molecular flexibility index (Phi) is 7.49. The maximum Gasteiger partial charge on any atom is 0.303 e. The zero-order chi connectivity index (χ0) is 20.5. The molecular weight excluding hydrogens is 362 g/mol. The molecule has 0 aliphatic heterocycles. The normalized spacial score (nSPS) is 10.2. The van der Waals surface area contributed by atoms with Gasteiger partial charge < -0.3 is 26.0 Å².